The first kappa shape index (κ1) is 23.0. The molecular formula is C22H31N3O6. The van der Waals surface area contributed by atoms with Gasteiger partial charge in [-0.05, 0) is 39.7 Å². The minimum Gasteiger partial charge on any atom is -0.465 e. The molecule has 3 rings (SSSR count). The van der Waals surface area contributed by atoms with Crippen LogP contribution in [0.15, 0.2) is 6.07 Å². The number of ether oxygens (including phenoxy) is 3. The summed E-state index contributed by atoms with van der Waals surface area (Å²) < 4.78 is 15.4. The van der Waals surface area contributed by atoms with Crippen molar-refractivity contribution in [3.8, 4) is 0 Å². The van der Waals surface area contributed by atoms with Crippen LogP contribution < -0.4 is 0 Å². The molecule has 9 nitrogen and oxygen atoms in total. The summed E-state index contributed by atoms with van der Waals surface area (Å²) in [5.41, 5.74) is 1.29. The molecule has 0 saturated carbocycles. The van der Waals surface area contributed by atoms with Crippen molar-refractivity contribution in [1.82, 2.24) is 14.8 Å². The number of aromatic nitrogens is 1. The van der Waals surface area contributed by atoms with Crippen LogP contribution in [0.5, 0.6) is 0 Å². The second kappa shape index (κ2) is 9.21. The number of amides is 2. The summed E-state index contributed by atoms with van der Waals surface area (Å²) in [7, 11) is 2.82. The maximum atomic E-state index is 13.2. The molecule has 0 spiro atoms. The number of rotatable bonds is 4. The van der Waals surface area contributed by atoms with Gasteiger partial charge in [0.15, 0.2) is 0 Å². The van der Waals surface area contributed by atoms with E-state index in [1.54, 1.807) is 11.0 Å². The predicted octanol–water partition coefficient (Wildman–Crippen LogP) is 2.41. The highest BCUT2D eigenvalue weighted by Gasteiger charge is 2.35. The molecule has 2 aliphatic heterocycles. The van der Waals surface area contributed by atoms with Crippen LogP contribution in [0.1, 0.15) is 65.7 Å². The second-order valence-corrected chi connectivity index (χ2v) is 8.85. The van der Waals surface area contributed by atoms with Crippen LogP contribution in [0.2, 0.25) is 0 Å². The molecule has 9 heteroatoms. The molecule has 2 aliphatic rings. The molecule has 0 unspecified atom stereocenters. The SMILES string of the molecule is COCc1nc2c(cc1C(=O)OC)C(=O)N(C1CCN(C(=O)OC(C)(C)C)CC1)CC2. The summed E-state index contributed by atoms with van der Waals surface area (Å²) in [6.07, 6.45) is 1.64. The molecule has 1 fully saturated rings. The Balaban J connectivity index is 1.73. The Bertz CT molecular complexity index is 856. The molecule has 0 bridgehead atoms. The van der Waals surface area contributed by atoms with E-state index in [1.807, 2.05) is 25.7 Å². The van der Waals surface area contributed by atoms with Gasteiger partial charge < -0.3 is 24.0 Å². The van der Waals surface area contributed by atoms with Gasteiger partial charge in [0.2, 0.25) is 0 Å². The lowest BCUT2D eigenvalue weighted by Crippen LogP contribution is -2.51. The summed E-state index contributed by atoms with van der Waals surface area (Å²) in [6.45, 7) is 7.32. The van der Waals surface area contributed by atoms with Gasteiger partial charge in [0.1, 0.15) is 5.60 Å². The highest BCUT2D eigenvalue weighted by atomic mass is 16.6. The Morgan fingerprint density at radius 2 is 1.84 bits per heavy atom. The standard InChI is InChI=1S/C22H31N3O6/c1-22(2,3)31-21(28)24-9-6-14(7-10-24)25-11-8-17-15(19(25)26)12-16(20(27)30-5)18(23-17)13-29-4/h12,14H,6-11,13H2,1-5H3. The molecule has 170 valence electrons. The second-order valence-electron chi connectivity index (χ2n) is 8.85. The highest BCUT2D eigenvalue weighted by molar-refractivity contribution is 6.00. The van der Waals surface area contributed by atoms with Gasteiger partial charge in [0.25, 0.3) is 5.91 Å². The van der Waals surface area contributed by atoms with Gasteiger partial charge in [-0.1, -0.05) is 0 Å². The number of carbonyl (C=O) groups is 3. The lowest BCUT2D eigenvalue weighted by molar-refractivity contribution is 0.0144. The largest absolute Gasteiger partial charge is 0.465 e. The third kappa shape index (κ3) is 5.15. The van der Waals surface area contributed by atoms with Gasteiger partial charge in [-0.15, -0.1) is 0 Å². The zero-order chi connectivity index (χ0) is 22.8. The van der Waals surface area contributed by atoms with Crippen molar-refractivity contribution in [2.45, 2.75) is 58.3 Å². The summed E-state index contributed by atoms with van der Waals surface area (Å²) in [5.74, 6) is -0.684. The minimum absolute atomic E-state index is 0.0274. The number of nitrogens with zero attached hydrogens (tertiary/aromatic N) is 3. The van der Waals surface area contributed by atoms with Gasteiger partial charge >= 0.3 is 12.1 Å². The van der Waals surface area contributed by atoms with E-state index < -0.39 is 11.6 Å². The van der Waals surface area contributed by atoms with Crippen molar-refractivity contribution < 1.29 is 28.6 Å². The first-order valence-corrected chi connectivity index (χ1v) is 10.5. The average molecular weight is 434 g/mol. The van der Waals surface area contributed by atoms with Crippen molar-refractivity contribution in [2.24, 2.45) is 0 Å². The number of hydrogen-bond donors (Lipinski definition) is 0. The van der Waals surface area contributed by atoms with E-state index in [4.69, 9.17) is 14.2 Å². The molecule has 1 aromatic rings. The molecule has 0 aliphatic carbocycles. The lowest BCUT2D eigenvalue weighted by atomic mass is 9.96. The lowest BCUT2D eigenvalue weighted by Gasteiger charge is -2.40. The number of fused-ring (bicyclic) bond motifs is 1. The van der Waals surface area contributed by atoms with Crippen molar-refractivity contribution in [1.29, 1.82) is 0 Å². The van der Waals surface area contributed by atoms with E-state index in [0.717, 1.165) is 0 Å². The van der Waals surface area contributed by atoms with Crippen LogP contribution in [0, 0.1) is 0 Å². The van der Waals surface area contributed by atoms with E-state index >= 15 is 0 Å². The third-order valence-electron chi connectivity index (χ3n) is 5.50. The highest BCUT2D eigenvalue weighted by Crippen LogP contribution is 2.27. The number of likely N-dealkylation sites (tertiary alicyclic amines) is 1. The van der Waals surface area contributed by atoms with E-state index in [1.165, 1.54) is 14.2 Å². The Kier molecular flexibility index (Phi) is 6.83. The fraction of sp³-hybridized carbons (Fsp3) is 0.636. The van der Waals surface area contributed by atoms with E-state index in [0.29, 0.717) is 55.8 Å². The number of piperidine rings is 1. The Labute approximate surface area is 182 Å². The van der Waals surface area contributed by atoms with Crippen LogP contribution in [0.25, 0.3) is 0 Å². The van der Waals surface area contributed by atoms with E-state index in [-0.39, 0.29) is 30.2 Å². The van der Waals surface area contributed by atoms with Crippen LogP contribution >= 0.6 is 0 Å². The summed E-state index contributed by atoms with van der Waals surface area (Å²) in [4.78, 5) is 45.8. The maximum Gasteiger partial charge on any atom is 0.410 e. The monoisotopic (exact) mass is 433 g/mol. The first-order chi connectivity index (χ1) is 14.6. The molecule has 0 N–H and O–H groups in total. The topological polar surface area (TPSA) is 98.3 Å². The Morgan fingerprint density at radius 1 is 1.16 bits per heavy atom. The molecule has 3 heterocycles. The molecule has 0 aromatic carbocycles. The molecule has 31 heavy (non-hydrogen) atoms. The number of hydrogen-bond acceptors (Lipinski definition) is 7. The van der Waals surface area contributed by atoms with Gasteiger partial charge in [0, 0.05) is 39.2 Å². The molecule has 0 radical (unpaired) electrons. The van der Waals surface area contributed by atoms with E-state index in [9.17, 15) is 14.4 Å². The summed E-state index contributed by atoms with van der Waals surface area (Å²) in [6, 6.07) is 1.60. The van der Waals surface area contributed by atoms with Crippen molar-refractivity contribution in [3.05, 3.63) is 28.6 Å². The number of pyridine rings is 1. The fourth-order valence-corrected chi connectivity index (χ4v) is 4.02. The van der Waals surface area contributed by atoms with Crippen molar-refractivity contribution in [2.75, 3.05) is 33.9 Å². The van der Waals surface area contributed by atoms with Crippen molar-refractivity contribution >= 4 is 18.0 Å². The zero-order valence-corrected chi connectivity index (χ0v) is 18.9. The summed E-state index contributed by atoms with van der Waals surface area (Å²) in [5, 5.41) is 0. The predicted molar refractivity (Wildman–Crippen MR) is 112 cm³/mol. The van der Waals surface area contributed by atoms with Gasteiger partial charge in [-0.2, -0.15) is 0 Å². The normalized spacial score (nSPS) is 17.4. The molecule has 0 atom stereocenters. The van der Waals surface area contributed by atoms with Gasteiger partial charge in [0.05, 0.1) is 36.2 Å². The summed E-state index contributed by atoms with van der Waals surface area (Å²) >= 11 is 0. The molecule has 1 aromatic heterocycles. The Hall–Kier alpha value is -2.68. The van der Waals surface area contributed by atoms with Crippen LogP contribution in [0.3, 0.4) is 0 Å². The smallest absolute Gasteiger partial charge is 0.410 e. The maximum absolute atomic E-state index is 13.2. The van der Waals surface area contributed by atoms with Crippen molar-refractivity contribution in [3.63, 3.8) is 0 Å². The van der Waals surface area contributed by atoms with Gasteiger partial charge in [-0.3, -0.25) is 9.78 Å². The molecule has 1 saturated heterocycles. The van der Waals surface area contributed by atoms with Gasteiger partial charge in [-0.25, -0.2) is 9.59 Å². The first-order valence-electron chi connectivity index (χ1n) is 10.5. The van der Waals surface area contributed by atoms with E-state index in [2.05, 4.69) is 4.98 Å². The minimum atomic E-state index is -0.544. The van der Waals surface area contributed by atoms with Crippen LogP contribution in [-0.2, 0) is 27.2 Å². The number of methoxy groups -OCH3 is 2. The van der Waals surface area contributed by atoms with Crippen LogP contribution in [0.4, 0.5) is 4.79 Å². The number of carbonyl (C=O) groups excluding carboxylic acids is 3. The van der Waals surface area contributed by atoms with Crippen LogP contribution in [-0.4, -0.2) is 78.3 Å². The zero-order valence-electron chi connectivity index (χ0n) is 18.9. The quantitative estimate of drug-likeness (QED) is 0.673. The average Bonchev–Trinajstić information content (AvgIpc) is 2.72. The Morgan fingerprint density at radius 3 is 2.42 bits per heavy atom. The third-order valence-corrected chi connectivity index (χ3v) is 5.50. The molecular weight excluding hydrogens is 402 g/mol. The fourth-order valence-electron chi connectivity index (χ4n) is 4.02. The molecule has 2 amide bonds. The number of esters is 1.